The summed E-state index contributed by atoms with van der Waals surface area (Å²) in [7, 11) is -5.14. The van der Waals surface area contributed by atoms with Crippen molar-refractivity contribution >= 4 is 35.2 Å². The summed E-state index contributed by atoms with van der Waals surface area (Å²) in [6, 6.07) is 9.60. The molecule has 1 nitrogen and oxygen atoms in total. The average Bonchev–Trinajstić information content (AvgIpc) is 3.09. The number of unbranched alkanes of at least 4 members (excludes halogenated alkanes) is 10. The lowest BCUT2D eigenvalue weighted by Gasteiger charge is -2.36. The Bertz CT molecular complexity index is 1260. The van der Waals surface area contributed by atoms with Crippen LogP contribution in [-0.2, 0) is 0 Å². The van der Waals surface area contributed by atoms with Gasteiger partial charge in [-0.05, 0) is 23.7 Å². The molecule has 282 valence electrons. The Morgan fingerprint density at radius 3 is 1.29 bits per heavy atom. The van der Waals surface area contributed by atoms with E-state index in [1.807, 2.05) is 13.8 Å². The molecule has 0 saturated carbocycles. The molecular weight excluding hydrogens is 683 g/mol. The topological polar surface area (TPSA) is 9.23 Å². The summed E-state index contributed by atoms with van der Waals surface area (Å²) in [4.78, 5) is 0. The standard InChI is InChI=1S/C39H66F6OSi3/c1-9-47(7,10-2)25-21-17-13-15-19-23-27-49(30(5)6,28-24-20-16-14-18-22-26-48(8,11-3)12-4)46-39-37(44)33-31(34(41)38(39)45)29-32(40)35(42)36(33)43/h29-30H,9-28H2,1-8H3. The van der Waals surface area contributed by atoms with Gasteiger partial charge in [-0.15, -0.1) is 0 Å². The van der Waals surface area contributed by atoms with E-state index >= 15 is 13.2 Å². The summed E-state index contributed by atoms with van der Waals surface area (Å²) in [5, 5.41) is -2.09. The summed E-state index contributed by atoms with van der Waals surface area (Å²) in [5.74, 6) is -11.3. The van der Waals surface area contributed by atoms with Crippen LogP contribution < -0.4 is 4.43 Å². The van der Waals surface area contributed by atoms with Crippen LogP contribution in [0.25, 0.3) is 10.8 Å². The van der Waals surface area contributed by atoms with Crippen molar-refractivity contribution in [2.24, 2.45) is 0 Å². The molecule has 2 aromatic rings. The average molecular weight is 749 g/mol. The van der Waals surface area contributed by atoms with E-state index in [0.29, 0.717) is 18.2 Å². The third kappa shape index (κ3) is 12.1. The molecular formula is C39H66F6OSi3. The van der Waals surface area contributed by atoms with Crippen LogP contribution in [0.15, 0.2) is 6.07 Å². The molecule has 0 atom stereocenters. The molecule has 0 saturated heterocycles. The molecule has 49 heavy (non-hydrogen) atoms. The van der Waals surface area contributed by atoms with Crippen LogP contribution in [0.3, 0.4) is 0 Å². The van der Waals surface area contributed by atoms with Crippen molar-refractivity contribution in [2.75, 3.05) is 0 Å². The van der Waals surface area contributed by atoms with Crippen molar-refractivity contribution in [3.8, 4) is 5.75 Å². The van der Waals surface area contributed by atoms with E-state index in [2.05, 4.69) is 40.8 Å². The molecule has 0 unspecified atom stereocenters. The normalized spacial score (nSPS) is 12.9. The van der Waals surface area contributed by atoms with E-state index in [1.165, 1.54) is 61.9 Å². The quantitative estimate of drug-likeness (QED) is 0.0323. The molecule has 0 spiro atoms. The van der Waals surface area contributed by atoms with Gasteiger partial charge < -0.3 is 4.43 Å². The second-order valence-corrected chi connectivity index (χ2v) is 31.3. The monoisotopic (exact) mass is 748 g/mol. The molecule has 0 aromatic heterocycles. The summed E-state index contributed by atoms with van der Waals surface area (Å²) in [5.41, 5.74) is -0.0590. The van der Waals surface area contributed by atoms with Crippen LogP contribution in [0.5, 0.6) is 5.75 Å². The Balaban J connectivity index is 2.19. The molecule has 0 bridgehead atoms. The van der Waals surface area contributed by atoms with Crippen LogP contribution in [0.2, 0.25) is 67.0 Å². The maximum Gasteiger partial charge on any atom is 0.254 e. The van der Waals surface area contributed by atoms with Crippen molar-refractivity contribution in [2.45, 2.75) is 186 Å². The minimum atomic E-state index is -2.97. The van der Waals surface area contributed by atoms with Gasteiger partial charge in [-0.3, -0.25) is 0 Å². The van der Waals surface area contributed by atoms with Gasteiger partial charge in [0.25, 0.3) is 8.32 Å². The lowest BCUT2D eigenvalue weighted by atomic mass is 10.1. The van der Waals surface area contributed by atoms with Crippen molar-refractivity contribution in [3.05, 3.63) is 41.0 Å². The fourth-order valence-electron chi connectivity index (χ4n) is 7.20. The third-order valence-electron chi connectivity index (χ3n) is 12.2. The number of rotatable bonds is 25. The van der Waals surface area contributed by atoms with Crippen molar-refractivity contribution in [1.29, 1.82) is 0 Å². The van der Waals surface area contributed by atoms with Gasteiger partial charge in [0.05, 0.1) is 5.39 Å². The SMILES string of the molecule is CC[Si](C)(CC)CCCCCCCC[Si](CCCCCCCC[Si](C)(CC)CC)(Oc1c(F)c(F)c2cc(F)c(F)c(F)c2c1F)C(C)C. The Labute approximate surface area is 297 Å². The number of halogens is 6. The Kier molecular flexibility index (Phi) is 18.5. The third-order valence-corrected chi connectivity index (χ3v) is 27.3. The lowest BCUT2D eigenvalue weighted by Crippen LogP contribution is -2.45. The molecule has 0 radical (unpaired) electrons. The highest BCUT2D eigenvalue weighted by Gasteiger charge is 2.42. The van der Waals surface area contributed by atoms with E-state index in [0.717, 1.165) is 51.4 Å². The van der Waals surface area contributed by atoms with Crippen LogP contribution in [0.1, 0.15) is 119 Å². The van der Waals surface area contributed by atoms with Gasteiger partial charge in [0.1, 0.15) is 0 Å². The van der Waals surface area contributed by atoms with Crippen LogP contribution >= 0.6 is 0 Å². The van der Waals surface area contributed by atoms with Gasteiger partial charge in [0.15, 0.2) is 34.8 Å². The molecule has 2 aromatic carbocycles. The zero-order chi connectivity index (χ0) is 36.8. The minimum Gasteiger partial charge on any atom is -0.539 e. The highest BCUT2D eigenvalue weighted by molar-refractivity contribution is 6.79. The molecule has 10 heteroatoms. The zero-order valence-electron chi connectivity index (χ0n) is 32.0. The fourth-order valence-corrected chi connectivity index (χ4v) is 15.9. The largest absolute Gasteiger partial charge is 0.539 e. The van der Waals surface area contributed by atoms with Crippen LogP contribution in [0, 0.1) is 34.9 Å². The number of hydrogen-bond donors (Lipinski definition) is 0. The van der Waals surface area contributed by atoms with Crippen LogP contribution in [-0.4, -0.2) is 24.5 Å². The fraction of sp³-hybridized carbons (Fsp3) is 0.744. The van der Waals surface area contributed by atoms with Gasteiger partial charge >= 0.3 is 0 Å². The summed E-state index contributed by atoms with van der Waals surface area (Å²) in [6.07, 6.45) is 13.0. The molecule has 0 fully saturated rings. The maximum atomic E-state index is 15.8. The number of fused-ring (bicyclic) bond motifs is 1. The first-order chi connectivity index (χ1) is 23.1. The number of benzene rings is 2. The van der Waals surface area contributed by atoms with Crippen LogP contribution in [0.4, 0.5) is 26.3 Å². The second-order valence-electron chi connectivity index (χ2n) is 15.8. The molecule has 0 aliphatic rings. The molecule has 2 rings (SSSR count). The van der Waals surface area contributed by atoms with Gasteiger partial charge in [0, 0.05) is 21.5 Å². The highest BCUT2D eigenvalue weighted by Crippen LogP contribution is 2.42. The summed E-state index contributed by atoms with van der Waals surface area (Å²) < 4.78 is 95.7. The predicted octanol–water partition coefficient (Wildman–Crippen LogP) is 15.3. The molecule has 0 aliphatic heterocycles. The molecule has 0 N–H and O–H groups in total. The van der Waals surface area contributed by atoms with Crippen molar-refractivity contribution < 1.29 is 30.8 Å². The second kappa shape index (κ2) is 20.7. The Hall–Kier alpha value is -1.27. The highest BCUT2D eigenvalue weighted by atomic mass is 28.4. The lowest BCUT2D eigenvalue weighted by molar-refractivity contribution is 0.403. The smallest absolute Gasteiger partial charge is 0.254 e. The molecule has 0 aliphatic carbocycles. The van der Waals surface area contributed by atoms with Crippen molar-refractivity contribution in [1.82, 2.24) is 0 Å². The van der Waals surface area contributed by atoms with E-state index < -0.39 is 75.9 Å². The first-order valence-electron chi connectivity index (χ1n) is 19.5. The Morgan fingerprint density at radius 1 is 0.510 bits per heavy atom. The number of hydrogen-bond acceptors (Lipinski definition) is 1. The minimum absolute atomic E-state index is 0.0590. The van der Waals surface area contributed by atoms with E-state index in [9.17, 15) is 13.2 Å². The van der Waals surface area contributed by atoms with Gasteiger partial charge in [-0.2, -0.15) is 4.39 Å². The first kappa shape index (κ1) is 43.9. The maximum absolute atomic E-state index is 15.8. The van der Waals surface area contributed by atoms with E-state index in [1.54, 1.807) is 0 Å². The van der Waals surface area contributed by atoms with Gasteiger partial charge in [-0.1, -0.05) is 168 Å². The molecule has 0 heterocycles. The first-order valence-corrected chi connectivity index (χ1v) is 28.1. The van der Waals surface area contributed by atoms with E-state index in [4.69, 9.17) is 4.43 Å². The van der Waals surface area contributed by atoms with E-state index in [-0.39, 0.29) is 5.54 Å². The summed E-state index contributed by atoms with van der Waals surface area (Å²) in [6.45, 7) is 18.2. The van der Waals surface area contributed by atoms with Gasteiger partial charge in [0.2, 0.25) is 5.82 Å². The summed E-state index contributed by atoms with van der Waals surface area (Å²) >= 11 is 0. The Morgan fingerprint density at radius 2 is 0.898 bits per heavy atom. The van der Waals surface area contributed by atoms with Crippen molar-refractivity contribution in [3.63, 3.8) is 0 Å². The van der Waals surface area contributed by atoms with Gasteiger partial charge in [-0.25, -0.2) is 22.0 Å². The predicted molar refractivity (Wildman–Crippen MR) is 205 cm³/mol. The zero-order valence-corrected chi connectivity index (χ0v) is 35.0. The molecule has 0 amide bonds.